The third-order valence-electron chi connectivity index (χ3n) is 3.09. The number of benzene rings is 1. The van der Waals surface area contributed by atoms with Crippen LogP contribution in [0.15, 0.2) is 42.7 Å². The van der Waals surface area contributed by atoms with E-state index in [0.29, 0.717) is 23.0 Å². The van der Waals surface area contributed by atoms with Crippen molar-refractivity contribution in [2.75, 3.05) is 5.73 Å². The SMILES string of the molecule is Cc1cnc(Oc2ccc(-c3nc(N)cc(C(N)=O)n3)cc2)cn1. The molecule has 0 saturated carbocycles. The molecular weight excluding hydrogens is 308 g/mol. The van der Waals surface area contributed by atoms with Crippen molar-refractivity contribution in [1.82, 2.24) is 19.9 Å². The summed E-state index contributed by atoms with van der Waals surface area (Å²) < 4.78 is 5.60. The maximum Gasteiger partial charge on any atom is 0.267 e. The molecule has 1 aromatic carbocycles. The van der Waals surface area contributed by atoms with Gasteiger partial charge in [-0.1, -0.05) is 0 Å². The summed E-state index contributed by atoms with van der Waals surface area (Å²) in [6, 6.07) is 8.28. The van der Waals surface area contributed by atoms with Gasteiger partial charge in [0, 0.05) is 11.6 Å². The number of nitrogens with zero attached hydrogens (tertiary/aromatic N) is 4. The minimum atomic E-state index is -0.664. The van der Waals surface area contributed by atoms with Crippen molar-refractivity contribution in [3.63, 3.8) is 0 Å². The molecule has 120 valence electrons. The van der Waals surface area contributed by atoms with Crippen molar-refractivity contribution in [2.24, 2.45) is 5.73 Å². The van der Waals surface area contributed by atoms with Crippen molar-refractivity contribution < 1.29 is 9.53 Å². The van der Waals surface area contributed by atoms with Crippen molar-refractivity contribution in [1.29, 1.82) is 0 Å². The standard InChI is InChI=1S/C16H14N6O2/c1-9-7-20-14(8-19-9)24-11-4-2-10(3-5-11)16-21-12(15(18)23)6-13(17)22-16/h2-8H,1H3,(H2,18,23)(H2,17,21,22). The van der Waals surface area contributed by atoms with Gasteiger partial charge in [0.15, 0.2) is 5.82 Å². The number of carbonyl (C=O) groups excluding carboxylic acids is 1. The molecule has 0 bridgehead atoms. The monoisotopic (exact) mass is 322 g/mol. The lowest BCUT2D eigenvalue weighted by molar-refractivity contribution is 0.0995. The van der Waals surface area contributed by atoms with Crippen LogP contribution in [0.2, 0.25) is 0 Å². The summed E-state index contributed by atoms with van der Waals surface area (Å²) in [5.41, 5.74) is 12.5. The van der Waals surface area contributed by atoms with Gasteiger partial charge in [0.05, 0.1) is 18.1 Å². The number of anilines is 1. The largest absolute Gasteiger partial charge is 0.438 e. The molecule has 2 aromatic heterocycles. The number of hydrogen-bond acceptors (Lipinski definition) is 7. The van der Waals surface area contributed by atoms with E-state index < -0.39 is 5.91 Å². The van der Waals surface area contributed by atoms with E-state index in [-0.39, 0.29) is 11.5 Å². The molecule has 3 aromatic rings. The van der Waals surface area contributed by atoms with Crippen LogP contribution >= 0.6 is 0 Å². The first-order valence-electron chi connectivity index (χ1n) is 7.02. The molecule has 0 saturated heterocycles. The van der Waals surface area contributed by atoms with Crippen LogP contribution in [0.4, 0.5) is 5.82 Å². The zero-order chi connectivity index (χ0) is 17.1. The van der Waals surface area contributed by atoms with E-state index in [4.69, 9.17) is 16.2 Å². The average Bonchev–Trinajstić information content (AvgIpc) is 2.57. The van der Waals surface area contributed by atoms with Gasteiger partial charge in [0.25, 0.3) is 5.91 Å². The summed E-state index contributed by atoms with van der Waals surface area (Å²) in [4.78, 5) is 27.7. The molecule has 8 heteroatoms. The first kappa shape index (κ1) is 15.3. The van der Waals surface area contributed by atoms with Crippen LogP contribution in [-0.4, -0.2) is 25.8 Å². The molecule has 0 radical (unpaired) electrons. The molecule has 0 unspecified atom stereocenters. The second-order valence-corrected chi connectivity index (χ2v) is 4.99. The number of nitrogen functional groups attached to an aromatic ring is 1. The van der Waals surface area contributed by atoms with Crippen LogP contribution < -0.4 is 16.2 Å². The van der Waals surface area contributed by atoms with E-state index in [1.54, 1.807) is 36.7 Å². The minimum absolute atomic E-state index is 0.0627. The molecule has 0 aliphatic heterocycles. The highest BCUT2D eigenvalue weighted by Crippen LogP contribution is 2.23. The van der Waals surface area contributed by atoms with Gasteiger partial charge >= 0.3 is 0 Å². The van der Waals surface area contributed by atoms with Gasteiger partial charge in [-0.25, -0.2) is 15.0 Å². The Hall–Kier alpha value is -3.55. The quantitative estimate of drug-likeness (QED) is 0.747. The molecule has 4 N–H and O–H groups in total. The number of aromatic nitrogens is 4. The summed E-state index contributed by atoms with van der Waals surface area (Å²) in [7, 11) is 0. The average molecular weight is 322 g/mol. The van der Waals surface area contributed by atoms with Crippen LogP contribution in [0.5, 0.6) is 11.6 Å². The Bertz CT molecular complexity index is 878. The number of rotatable bonds is 4. The van der Waals surface area contributed by atoms with Gasteiger partial charge < -0.3 is 16.2 Å². The topological polar surface area (TPSA) is 130 Å². The number of nitrogens with two attached hydrogens (primary N) is 2. The Labute approximate surface area is 137 Å². The fourth-order valence-electron chi connectivity index (χ4n) is 1.95. The van der Waals surface area contributed by atoms with Crippen molar-refractivity contribution in [3.8, 4) is 23.0 Å². The van der Waals surface area contributed by atoms with Crippen LogP contribution in [-0.2, 0) is 0 Å². The van der Waals surface area contributed by atoms with Gasteiger partial charge in [-0.05, 0) is 31.2 Å². The van der Waals surface area contributed by atoms with Gasteiger partial charge in [0.2, 0.25) is 5.88 Å². The second kappa shape index (κ2) is 6.29. The Balaban J connectivity index is 1.84. The van der Waals surface area contributed by atoms with E-state index in [0.717, 1.165) is 5.69 Å². The van der Waals surface area contributed by atoms with Crippen molar-refractivity contribution in [2.45, 2.75) is 6.92 Å². The molecule has 24 heavy (non-hydrogen) atoms. The maximum atomic E-state index is 11.3. The molecular formula is C16H14N6O2. The molecule has 0 aliphatic rings. The predicted molar refractivity (Wildman–Crippen MR) is 87.2 cm³/mol. The van der Waals surface area contributed by atoms with Crippen LogP contribution in [0.25, 0.3) is 11.4 Å². The molecule has 0 spiro atoms. The minimum Gasteiger partial charge on any atom is -0.438 e. The lowest BCUT2D eigenvalue weighted by Crippen LogP contribution is -2.14. The van der Waals surface area contributed by atoms with Crippen LogP contribution in [0.3, 0.4) is 0 Å². The number of aryl methyl sites for hydroxylation is 1. The number of carbonyl (C=O) groups is 1. The normalized spacial score (nSPS) is 10.4. The molecule has 3 rings (SSSR count). The Morgan fingerprint density at radius 3 is 2.46 bits per heavy atom. The number of primary amides is 1. The van der Waals surface area contributed by atoms with Crippen molar-refractivity contribution in [3.05, 3.63) is 54.1 Å². The van der Waals surface area contributed by atoms with Gasteiger partial charge in [-0.2, -0.15) is 0 Å². The molecule has 8 nitrogen and oxygen atoms in total. The first-order chi connectivity index (χ1) is 11.5. The van der Waals surface area contributed by atoms with Crippen molar-refractivity contribution >= 4 is 11.7 Å². The second-order valence-electron chi connectivity index (χ2n) is 4.99. The van der Waals surface area contributed by atoms with Crippen LogP contribution in [0.1, 0.15) is 16.2 Å². The van der Waals surface area contributed by atoms with E-state index in [2.05, 4.69) is 19.9 Å². The summed E-state index contributed by atoms with van der Waals surface area (Å²) in [5.74, 6) is 0.790. The molecule has 0 aliphatic carbocycles. The Morgan fingerprint density at radius 1 is 1.08 bits per heavy atom. The number of amides is 1. The van der Waals surface area contributed by atoms with Crippen LogP contribution in [0, 0.1) is 6.92 Å². The van der Waals surface area contributed by atoms with E-state index in [9.17, 15) is 4.79 Å². The highest BCUT2D eigenvalue weighted by Gasteiger charge is 2.09. The third kappa shape index (κ3) is 3.43. The lowest BCUT2D eigenvalue weighted by atomic mass is 10.2. The third-order valence-corrected chi connectivity index (χ3v) is 3.09. The lowest BCUT2D eigenvalue weighted by Gasteiger charge is -2.06. The van der Waals surface area contributed by atoms with E-state index >= 15 is 0 Å². The molecule has 0 atom stereocenters. The summed E-state index contributed by atoms with van der Waals surface area (Å²) in [6.45, 7) is 1.84. The zero-order valence-corrected chi connectivity index (χ0v) is 12.8. The maximum absolute atomic E-state index is 11.3. The Kier molecular flexibility index (Phi) is 4.02. The number of hydrogen-bond donors (Lipinski definition) is 2. The summed E-state index contributed by atoms with van der Waals surface area (Å²) >= 11 is 0. The van der Waals surface area contributed by atoms with Gasteiger partial charge in [-0.15, -0.1) is 0 Å². The van der Waals surface area contributed by atoms with Gasteiger partial charge in [-0.3, -0.25) is 9.78 Å². The smallest absolute Gasteiger partial charge is 0.267 e. The molecule has 1 amide bonds. The molecule has 0 fully saturated rings. The molecule has 2 heterocycles. The first-order valence-corrected chi connectivity index (χ1v) is 7.02. The van der Waals surface area contributed by atoms with E-state index in [1.807, 2.05) is 6.92 Å². The fraction of sp³-hybridized carbons (Fsp3) is 0.0625. The number of ether oxygens (including phenoxy) is 1. The fourth-order valence-corrected chi connectivity index (χ4v) is 1.95. The summed E-state index contributed by atoms with van der Waals surface area (Å²) in [6.07, 6.45) is 3.17. The highest BCUT2D eigenvalue weighted by atomic mass is 16.5. The van der Waals surface area contributed by atoms with E-state index in [1.165, 1.54) is 6.07 Å². The highest BCUT2D eigenvalue weighted by molar-refractivity contribution is 5.91. The Morgan fingerprint density at radius 2 is 1.83 bits per heavy atom. The van der Waals surface area contributed by atoms with Gasteiger partial charge in [0.1, 0.15) is 17.3 Å². The summed E-state index contributed by atoms with van der Waals surface area (Å²) in [5, 5.41) is 0. The zero-order valence-electron chi connectivity index (χ0n) is 12.8. The predicted octanol–water partition coefficient (Wildman–Crippen LogP) is 1.72.